The van der Waals surface area contributed by atoms with Crippen LogP contribution in [-0.4, -0.2) is 5.70 Å². The minimum atomic E-state index is -4.15. The minimum absolute atomic E-state index is 0.172. The van der Waals surface area contributed by atoms with Crippen LogP contribution in [-0.2, 0) is 0 Å². The summed E-state index contributed by atoms with van der Waals surface area (Å²) in [4.78, 5) is 0. The Morgan fingerprint density at radius 1 is 0.647 bits per heavy atom. The summed E-state index contributed by atoms with van der Waals surface area (Å²) in [5.41, 5.74) is -3.31. The molecule has 0 N–H and O–H groups in total. The quantitative estimate of drug-likeness (QED) is 0.275. The molecule has 1 heteroatoms. The summed E-state index contributed by atoms with van der Waals surface area (Å²) in [6.45, 7) is 2.01. The summed E-state index contributed by atoms with van der Waals surface area (Å²) in [6.07, 6.45) is -22.9. The van der Waals surface area contributed by atoms with Crippen LogP contribution in [0.5, 0.6) is 0 Å². The number of rotatable bonds is 14. The normalized spacial score (nSPS) is 31.6. The smallest absolute Gasteiger partial charge is 0.0378 e. The van der Waals surface area contributed by atoms with Crippen molar-refractivity contribution in [1.29, 1.82) is 0 Å². The van der Waals surface area contributed by atoms with Crippen molar-refractivity contribution in [2.24, 2.45) is 0 Å². The van der Waals surface area contributed by atoms with Gasteiger partial charge in [0.1, 0.15) is 0 Å². The Hall–Kier alpha value is 0.350. The average Bonchev–Trinajstić information content (AvgIpc) is 2.62. The van der Waals surface area contributed by atoms with Gasteiger partial charge in [-0.1, -0.05) is 90.1 Å². The molecule has 0 spiro atoms. The molecule has 0 atom stereocenters. The average molecular weight is 275 g/mol. The first kappa shape index (κ1) is 4.43. The maximum atomic E-state index is 8.10. The van der Waals surface area contributed by atoms with E-state index >= 15 is 0 Å². The van der Waals surface area contributed by atoms with E-state index < -0.39 is 56.7 Å². The molecule has 0 aliphatic carbocycles. The van der Waals surface area contributed by atoms with Crippen LogP contribution in [0.4, 0.5) is 0 Å². The Morgan fingerprint density at radius 3 is 1.71 bits per heavy atom. The van der Waals surface area contributed by atoms with E-state index in [0.29, 0.717) is 6.42 Å². The van der Waals surface area contributed by atoms with Gasteiger partial charge in [-0.25, -0.2) is 0 Å². The highest BCUT2D eigenvalue weighted by atomic mass is 32.1. The zero-order valence-corrected chi connectivity index (χ0v) is 11.3. The van der Waals surface area contributed by atoms with Crippen molar-refractivity contribution >= 4 is 12.6 Å². The van der Waals surface area contributed by atoms with Gasteiger partial charge >= 0.3 is 0 Å². The van der Waals surface area contributed by atoms with Crippen molar-refractivity contribution in [2.45, 2.75) is 96.5 Å². The number of hydrogen-bond donors (Lipinski definition) is 1. The monoisotopic (exact) mass is 274 g/mol. The van der Waals surface area contributed by atoms with Gasteiger partial charge in [-0.2, -0.15) is 12.6 Å². The Kier molecular flexibility index (Phi) is 4.26. The topological polar surface area (TPSA) is 0 Å². The van der Waals surface area contributed by atoms with Crippen LogP contribution in [0.2, 0.25) is 0 Å². The summed E-state index contributed by atoms with van der Waals surface area (Å²) < 4.78 is 127. The van der Waals surface area contributed by atoms with E-state index in [4.69, 9.17) is 21.9 Å². The largest absolute Gasteiger partial charge is 0.179 e. The summed E-state index contributed by atoms with van der Waals surface area (Å²) in [6, 6.07) is 0. The molecule has 0 amide bonds. The van der Waals surface area contributed by atoms with Crippen LogP contribution in [0.25, 0.3) is 0 Å². The predicted octanol–water partition coefficient (Wildman–Crippen LogP) is 6.40. The van der Waals surface area contributed by atoms with Crippen LogP contribution in [0.15, 0.2) is 0 Å². The molecule has 0 aromatic rings. The molecule has 0 rings (SSSR count). The second kappa shape index (κ2) is 16.4. The molecule has 0 aromatic carbocycles. The van der Waals surface area contributed by atoms with Gasteiger partial charge in [-0.3, -0.25) is 0 Å². The number of hydrogen-bond acceptors (Lipinski definition) is 1. The van der Waals surface area contributed by atoms with Gasteiger partial charge in [-0.15, -0.1) is 0 Å². The summed E-state index contributed by atoms with van der Waals surface area (Å²) >= 11 is 3.30. The Labute approximate surface area is 138 Å². The van der Waals surface area contributed by atoms with Gasteiger partial charge in [0, 0.05) is 21.9 Å². The summed E-state index contributed by atoms with van der Waals surface area (Å²) in [5.74, 6) is 0. The van der Waals surface area contributed by atoms with E-state index in [0.717, 1.165) is 25.7 Å². The maximum absolute atomic E-state index is 8.10. The molecule has 0 fully saturated rings. The molecular weight excluding hydrogens is 224 g/mol. The van der Waals surface area contributed by atoms with Crippen molar-refractivity contribution in [3.8, 4) is 0 Å². The van der Waals surface area contributed by atoms with Crippen LogP contribution < -0.4 is 0 Å². The van der Waals surface area contributed by atoms with Gasteiger partial charge in [0.15, 0.2) is 0 Å². The molecule has 0 saturated carbocycles. The zero-order chi connectivity index (χ0) is 26.9. The van der Waals surface area contributed by atoms with Crippen LogP contribution in [0, 0.1) is 0 Å². The second-order valence-electron chi connectivity index (χ2n) is 3.56. The molecule has 0 aliphatic heterocycles. The lowest BCUT2D eigenvalue weighted by molar-refractivity contribution is 0.538. The third kappa shape index (κ3) is 16.4. The lowest BCUT2D eigenvalue weighted by Gasteiger charge is -2.02. The van der Waals surface area contributed by atoms with Crippen LogP contribution >= 0.6 is 12.6 Å². The van der Waals surface area contributed by atoms with E-state index in [1.165, 1.54) is 0 Å². The third-order valence-corrected chi connectivity index (χ3v) is 2.22. The van der Waals surface area contributed by atoms with Crippen LogP contribution in [0.3, 0.4) is 0 Å². The van der Waals surface area contributed by atoms with E-state index in [2.05, 4.69) is 12.6 Å². The fourth-order valence-electron chi connectivity index (χ4n) is 1.25. The standard InChI is InChI=1S/C16H34S/c1-2-3-4-5-6-7-8-9-10-11-12-13-14-15-16-17/h17H,2-16H2,1H3/i9D2,10D2,11D2,12D2,13D2,14D2,15D2,16D2. The van der Waals surface area contributed by atoms with E-state index in [9.17, 15) is 0 Å². The maximum Gasteiger partial charge on any atom is 0.0378 e. The molecule has 0 nitrogen and oxygen atoms in total. The zero-order valence-electron chi connectivity index (χ0n) is 26.4. The van der Waals surface area contributed by atoms with Gasteiger partial charge in [0.2, 0.25) is 0 Å². The van der Waals surface area contributed by atoms with Gasteiger partial charge in [-0.05, 0) is 12.1 Å². The van der Waals surface area contributed by atoms with Crippen molar-refractivity contribution in [3.05, 3.63) is 0 Å². The van der Waals surface area contributed by atoms with E-state index in [1.54, 1.807) is 0 Å². The fraction of sp³-hybridized carbons (Fsp3) is 1.00. The molecule has 0 radical (unpaired) electrons. The first-order valence-corrected chi connectivity index (χ1v) is 6.48. The first-order chi connectivity index (χ1) is 14.3. The highest BCUT2D eigenvalue weighted by molar-refractivity contribution is 7.80. The van der Waals surface area contributed by atoms with Crippen molar-refractivity contribution in [2.75, 3.05) is 5.70 Å². The predicted molar refractivity (Wildman–Crippen MR) is 84.2 cm³/mol. The number of unbranched alkanes of at least 4 members (excludes halogenated alkanes) is 5. The van der Waals surface area contributed by atoms with Crippen molar-refractivity contribution < 1.29 is 21.9 Å². The summed E-state index contributed by atoms with van der Waals surface area (Å²) in [7, 11) is 0. The lowest BCUT2D eigenvalue weighted by atomic mass is 10.0. The third-order valence-electron chi connectivity index (χ3n) is 2.11. The highest BCUT2D eigenvalue weighted by Gasteiger charge is 1.93. The van der Waals surface area contributed by atoms with E-state index in [1.807, 2.05) is 6.92 Å². The molecule has 104 valence electrons. The second-order valence-corrected chi connectivity index (χ2v) is 3.78. The summed E-state index contributed by atoms with van der Waals surface area (Å²) in [5, 5.41) is 0. The molecule has 0 unspecified atom stereocenters. The first-order valence-electron chi connectivity index (χ1n) is 14.0. The van der Waals surface area contributed by atoms with Gasteiger partial charge in [0.25, 0.3) is 0 Å². The van der Waals surface area contributed by atoms with Crippen LogP contribution in [0.1, 0.15) is 118 Å². The molecule has 0 heterocycles. The SMILES string of the molecule is [2H]C([2H])(S)C([2H])([2H])C([2H])([2H])C([2H])([2H])C([2H])([2H])C([2H])([2H])C([2H])([2H])C([2H])([2H])CCCCCCCC. The molecule has 17 heavy (non-hydrogen) atoms. The highest BCUT2D eigenvalue weighted by Crippen LogP contribution is 2.12. The van der Waals surface area contributed by atoms with Crippen molar-refractivity contribution in [3.63, 3.8) is 0 Å². The lowest BCUT2D eigenvalue weighted by Crippen LogP contribution is -1.83. The van der Waals surface area contributed by atoms with E-state index in [-0.39, 0.29) is 6.42 Å². The van der Waals surface area contributed by atoms with Gasteiger partial charge in [0.05, 0.1) is 0 Å². The molecule has 0 bridgehead atoms. The fourth-order valence-corrected chi connectivity index (χ4v) is 1.31. The molecule has 0 aliphatic rings. The molecule has 0 saturated heterocycles. The Morgan fingerprint density at radius 2 is 1.12 bits per heavy atom. The van der Waals surface area contributed by atoms with Crippen molar-refractivity contribution in [1.82, 2.24) is 0 Å². The molecule has 0 aromatic heterocycles. The Balaban J connectivity index is 6.11. The molecular formula is C16H34S. The Bertz CT molecular complexity index is 637. The minimum Gasteiger partial charge on any atom is -0.179 e. The van der Waals surface area contributed by atoms with Gasteiger partial charge < -0.3 is 0 Å². The number of thiol groups is 1.